The molecule has 0 unspecified atom stereocenters. The zero-order chi connectivity index (χ0) is 10.6. The third kappa shape index (κ3) is 2.54. The van der Waals surface area contributed by atoms with Crippen molar-refractivity contribution in [3.63, 3.8) is 0 Å². The van der Waals surface area contributed by atoms with Gasteiger partial charge < -0.3 is 0 Å². The molecule has 0 saturated heterocycles. The summed E-state index contributed by atoms with van der Waals surface area (Å²) in [5, 5.41) is 0.634. The van der Waals surface area contributed by atoms with Gasteiger partial charge in [-0.3, -0.25) is 9.79 Å². The zero-order valence-corrected chi connectivity index (χ0v) is 8.58. The maximum atomic E-state index is 11.2. The number of hydrogen-bond acceptors (Lipinski definition) is 2. The number of rotatable bonds is 3. The van der Waals surface area contributed by atoms with Crippen LogP contribution in [0.4, 0.5) is 0 Å². The van der Waals surface area contributed by atoms with E-state index in [0.717, 1.165) is 5.56 Å². The Balaban J connectivity index is 3.12. The lowest BCUT2D eigenvalue weighted by atomic mass is 10.1. The summed E-state index contributed by atoms with van der Waals surface area (Å²) in [4.78, 5) is 15.1. The number of aliphatic imine (C=N–C) groups is 1. The van der Waals surface area contributed by atoms with Crippen LogP contribution in [0.2, 0.25) is 5.02 Å². The first-order valence-corrected chi connectivity index (χ1v) is 4.48. The van der Waals surface area contributed by atoms with Crippen LogP contribution >= 0.6 is 11.6 Å². The third-order valence-electron chi connectivity index (χ3n) is 1.67. The van der Waals surface area contributed by atoms with Crippen molar-refractivity contribution >= 4 is 23.1 Å². The van der Waals surface area contributed by atoms with Crippen LogP contribution in [0.5, 0.6) is 0 Å². The lowest BCUT2D eigenvalue weighted by Gasteiger charge is -2.01. The second-order valence-electron chi connectivity index (χ2n) is 2.72. The van der Waals surface area contributed by atoms with E-state index in [4.69, 9.17) is 11.6 Å². The normalized spacial score (nSPS) is 11.1. The van der Waals surface area contributed by atoms with Crippen LogP contribution in [-0.2, 0) is 4.79 Å². The molecule has 0 aliphatic heterocycles. The Morgan fingerprint density at radius 1 is 1.43 bits per heavy atom. The topological polar surface area (TPSA) is 29.4 Å². The molecule has 0 amide bonds. The molecule has 2 nitrogen and oxygen atoms in total. The highest BCUT2D eigenvalue weighted by Gasteiger charge is 2.07. The van der Waals surface area contributed by atoms with Gasteiger partial charge in [0.05, 0.1) is 0 Å². The van der Waals surface area contributed by atoms with Gasteiger partial charge in [0.1, 0.15) is 5.71 Å². The second-order valence-corrected chi connectivity index (χ2v) is 3.16. The zero-order valence-electron chi connectivity index (χ0n) is 7.83. The Morgan fingerprint density at radius 3 is 2.43 bits per heavy atom. The molecule has 0 saturated carbocycles. The molecule has 14 heavy (non-hydrogen) atoms. The van der Waals surface area contributed by atoms with Crippen LogP contribution in [-0.4, -0.2) is 11.5 Å². The Labute approximate surface area is 87.9 Å². The van der Waals surface area contributed by atoms with Crippen molar-refractivity contribution < 1.29 is 4.79 Å². The maximum Gasteiger partial charge on any atom is 0.178 e. The summed E-state index contributed by atoms with van der Waals surface area (Å²) < 4.78 is 0. The van der Waals surface area contributed by atoms with E-state index in [1.54, 1.807) is 24.3 Å². The average molecular weight is 208 g/mol. The number of halogens is 1. The summed E-state index contributed by atoms with van der Waals surface area (Å²) in [7, 11) is 0. The van der Waals surface area contributed by atoms with Gasteiger partial charge in [0.25, 0.3) is 0 Å². The van der Waals surface area contributed by atoms with Gasteiger partial charge in [-0.15, -0.1) is 0 Å². The predicted octanol–water partition coefficient (Wildman–Crippen LogP) is 2.86. The molecular weight excluding hydrogens is 198 g/mol. The van der Waals surface area contributed by atoms with Crippen LogP contribution in [0.3, 0.4) is 0 Å². The number of carbonyl (C=O) groups excluding carboxylic acids is 1. The van der Waals surface area contributed by atoms with E-state index in [-0.39, 0.29) is 5.78 Å². The highest BCUT2D eigenvalue weighted by Crippen LogP contribution is 2.10. The molecule has 3 heteroatoms. The van der Waals surface area contributed by atoms with Crippen LogP contribution in [0, 0.1) is 0 Å². The van der Waals surface area contributed by atoms with E-state index < -0.39 is 0 Å². The highest BCUT2D eigenvalue weighted by molar-refractivity contribution is 6.45. The first-order valence-electron chi connectivity index (χ1n) is 4.10. The van der Waals surface area contributed by atoms with Crippen molar-refractivity contribution in [3.05, 3.63) is 47.6 Å². The van der Waals surface area contributed by atoms with Crippen molar-refractivity contribution in [3.8, 4) is 0 Å². The largest absolute Gasteiger partial charge is 0.293 e. The standard InChI is InChI=1S/C11H10ClNO/c1-3-13-11(8(2)14)9-4-6-10(12)7-5-9/h3-7H,1H2,2H3. The molecule has 0 bridgehead atoms. The fourth-order valence-electron chi connectivity index (χ4n) is 1.07. The van der Waals surface area contributed by atoms with Crippen molar-refractivity contribution in [1.82, 2.24) is 0 Å². The number of carbonyl (C=O) groups is 1. The predicted molar refractivity (Wildman–Crippen MR) is 58.9 cm³/mol. The van der Waals surface area contributed by atoms with E-state index in [9.17, 15) is 4.79 Å². The number of hydrogen-bond donors (Lipinski definition) is 0. The fraction of sp³-hybridized carbons (Fsp3) is 0.0909. The Bertz CT molecular complexity index is 379. The monoisotopic (exact) mass is 207 g/mol. The summed E-state index contributed by atoms with van der Waals surface area (Å²) in [5.41, 5.74) is 1.15. The highest BCUT2D eigenvalue weighted by atomic mass is 35.5. The lowest BCUT2D eigenvalue weighted by Crippen LogP contribution is -2.10. The van der Waals surface area contributed by atoms with E-state index in [2.05, 4.69) is 11.6 Å². The molecule has 0 aromatic heterocycles. The van der Waals surface area contributed by atoms with Gasteiger partial charge in [-0.1, -0.05) is 30.3 Å². The fourth-order valence-corrected chi connectivity index (χ4v) is 1.19. The molecule has 1 rings (SSSR count). The van der Waals surface area contributed by atoms with Gasteiger partial charge in [0, 0.05) is 23.7 Å². The molecule has 0 N–H and O–H groups in total. The summed E-state index contributed by atoms with van der Waals surface area (Å²) in [6.07, 6.45) is 1.35. The maximum absolute atomic E-state index is 11.2. The van der Waals surface area contributed by atoms with E-state index >= 15 is 0 Å². The van der Waals surface area contributed by atoms with Gasteiger partial charge >= 0.3 is 0 Å². The second kappa shape index (κ2) is 4.72. The van der Waals surface area contributed by atoms with E-state index in [0.29, 0.717) is 10.7 Å². The molecule has 0 fully saturated rings. The summed E-state index contributed by atoms with van der Waals surface area (Å²) in [6, 6.07) is 6.95. The third-order valence-corrected chi connectivity index (χ3v) is 1.92. The number of Topliss-reactive ketones (excluding diaryl/α,β-unsaturated/α-hetero) is 1. The first kappa shape index (κ1) is 10.7. The number of ketones is 1. The van der Waals surface area contributed by atoms with Crippen LogP contribution in [0.25, 0.3) is 0 Å². The van der Waals surface area contributed by atoms with Crippen LogP contribution < -0.4 is 0 Å². The lowest BCUT2D eigenvalue weighted by molar-refractivity contribution is -0.111. The molecule has 0 heterocycles. The molecule has 72 valence electrons. The van der Waals surface area contributed by atoms with Crippen molar-refractivity contribution in [1.29, 1.82) is 0 Å². The van der Waals surface area contributed by atoms with Crippen molar-refractivity contribution in [2.45, 2.75) is 6.92 Å². The molecule has 1 aromatic carbocycles. The Kier molecular flexibility index (Phi) is 3.60. The first-order chi connectivity index (χ1) is 6.65. The molecule has 0 aliphatic rings. The van der Waals surface area contributed by atoms with Gasteiger partial charge in [0.2, 0.25) is 0 Å². The van der Waals surface area contributed by atoms with Crippen molar-refractivity contribution in [2.75, 3.05) is 0 Å². The average Bonchev–Trinajstić information content (AvgIpc) is 2.15. The number of nitrogens with zero attached hydrogens (tertiary/aromatic N) is 1. The quantitative estimate of drug-likeness (QED) is 0.701. The van der Waals surface area contributed by atoms with Crippen LogP contribution in [0.1, 0.15) is 12.5 Å². The van der Waals surface area contributed by atoms with E-state index in [1.165, 1.54) is 13.1 Å². The minimum atomic E-state index is -0.0905. The van der Waals surface area contributed by atoms with Crippen LogP contribution in [0.15, 0.2) is 42.0 Å². The van der Waals surface area contributed by atoms with Gasteiger partial charge in [-0.05, 0) is 12.1 Å². The molecule has 0 radical (unpaired) electrons. The molecule has 0 spiro atoms. The van der Waals surface area contributed by atoms with Gasteiger partial charge in [-0.25, -0.2) is 0 Å². The SMILES string of the molecule is C=CN=C(C(C)=O)c1ccc(Cl)cc1. The minimum absolute atomic E-state index is 0.0905. The Morgan fingerprint density at radius 2 is 2.00 bits per heavy atom. The Hall–Kier alpha value is -1.41. The smallest absolute Gasteiger partial charge is 0.178 e. The van der Waals surface area contributed by atoms with E-state index in [1.807, 2.05) is 0 Å². The molecule has 0 aliphatic carbocycles. The summed E-state index contributed by atoms with van der Waals surface area (Å²) >= 11 is 5.73. The molecular formula is C11H10ClNO. The molecule has 1 aromatic rings. The summed E-state index contributed by atoms with van der Waals surface area (Å²) in [5.74, 6) is -0.0905. The van der Waals surface area contributed by atoms with Gasteiger partial charge in [0.15, 0.2) is 5.78 Å². The molecule has 0 atom stereocenters. The minimum Gasteiger partial charge on any atom is -0.293 e. The summed E-state index contributed by atoms with van der Waals surface area (Å²) in [6.45, 7) is 4.93. The number of benzene rings is 1. The van der Waals surface area contributed by atoms with Gasteiger partial charge in [-0.2, -0.15) is 0 Å². The van der Waals surface area contributed by atoms with Crippen molar-refractivity contribution in [2.24, 2.45) is 4.99 Å².